The first-order valence-corrected chi connectivity index (χ1v) is 9.69. The van der Waals surface area contributed by atoms with E-state index in [2.05, 4.69) is 11.9 Å². The van der Waals surface area contributed by atoms with Crippen LogP contribution in [0, 0.1) is 25.7 Å². The van der Waals surface area contributed by atoms with Gasteiger partial charge in [0.05, 0.1) is 22.7 Å². The van der Waals surface area contributed by atoms with Crippen molar-refractivity contribution in [3.63, 3.8) is 0 Å². The lowest BCUT2D eigenvalue weighted by atomic mass is 9.95. The molecule has 0 radical (unpaired) electrons. The van der Waals surface area contributed by atoms with Gasteiger partial charge in [-0.2, -0.15) is 0 Å². The molecule has 5 nitrogen and oxygen atoms in total. The molecule has 1 aromatic heterocycles. The van der Waals surface area contributed by atoms with Crippen molar-refractivity contribution in [2.24, 2.45) is 11.8 Å². The van der Waals surface area contributed by atoms with Crippen LogP contribution in [-0.4, -0.2) is 46.7 Å². The predicted molar refractivity (Wildman–Crippen MR) is 94.8 cm³/mol. The summed E-state index contributed by atoms with van der Waals surface area (Å²) in [4.78, 5) is 34.6. The van der Waals surface area contributed by atoms with Gasteiger partial charge in [0.15, 0.2) is 0 Å². The van der Waals surface area contributed by atoms with E-state index in [9.17, 15) is 9.59 Å². The highest BCUT2D eigenvalue weighted by Crippen LogP contribution is 2.34. The van der Waals surface area contributed by atoms with Gasteiger partial charge in [-0.3, -0.25) is 9.59 Å². The molecule has 0 N–H and O–H groups in total. The third-order valence-corrected chi connectivity index (χ3v) is 6.50. The maximum absolute atomic E-state index is 13.0. The van der Waals surface area contributed by atoms with Crippen molar-refractivity contribution in [1.29, 1.82) is 0 Å². The number of carbonyl (C=O) groups is 2. The van der Waals surface area contributed by atoms with Crippen LogP contribution in [-0.2, 0) is 9.59 Å². The van der Waals surface area contributed by atoms with Crippen molar-refractivity contribution >= 4 is 23.2 Å². The molecule has 3 rings (SSSR count). The van der Waals surface area contributed by atoms with E-state index in [1.807, 2.05) is 30.7 Å². The highest BCUT2D eigenvalue weighted by molar-refractivity contribution is 7.11. The molecule has 2 amide bonds. The van der Waals surface area contributed by atoms with E-state index < -0.39 is 0 Å². The van der Waals surface area contributed by atoms with E-state index >= 15 is 0 Å². The molecule has 0 aromatic carbocycles. The number of hydrogen-bond acceptors (Lipinski definition) is 4. The van der Waals surface area contributed by atoms with Crippen LogP contribution < -0.4 is 0 Å². The van der Waals surface area contributed by atoms with E-state index in [-0.39, 0.29) is 29.7 Å². The number of nitrogens with zero attached hydrogens (tertiary/aromatic N) is 3. The molecule has 1 aliphatic heterocycles. The molecule has 2 fully saturated rings. The van der Waals surface area contributed by atoms with Crippen LogP contribution in [0.15, 0.2) is 0 Å². The lowest BCUT2D eigenvalue weighted by Crippen LogP contribution is -2.46. The molecule has 0 spiro atoms. The number of thiazole rings is 1. The van der Waals surface area contributed by atoms with Gasteiger partial charge in [0, 0.05) is 30.9 Å². The Morgan fingerprint density at radius 2 is 1.96 bits per heavy atom. The number of carbonyl (C=O) groups excluding carboxylic acids is 2. The average molecular weight is 350 g/mol. The normalized spacial score (nSPS) is 22.3. The fourth-order valence-corrected chi connectivity index (χ4v) is 4.58. The minimum Gasteiger partial charge on any atom is -0.342 e. The second kappa shape index (κ2) is 6.82. The van der Waals surface area contributed by atoms with Crippen LogP contribution >= 0.6 is 11.3 Å². The molecule has 1 saturated carbocycles. The molecule has 2 heterocycles. The van der Waals surface area contributed by atoms with Crippen molar-refractivity contribution in [3.8, 4) is 0 Å². The second-order valence-electron chi connectivity index (χ2n) is 7.21. The van der Waals surface area contributed by atoms with E-state index in [0.29, 0.717) is 6.54 Å². The van der Waals surface area contributed by atoms with E-state index in [1.54, 1.807) is 11.3 Å². The molecular weight excluding hydrogens is 322 g/mol. The van der Waals surface area contributed by atoms with Crippen molar-refractivity contribution in [1.82, 2.24) is 14.8 Å². The topological polar surface area (TPSA) is 53.5 Å². The van der Waals surface area contributed by atoms with Crippen LogP contribution in [0.2, 0.25) is 0 Å². The summed E-state index contributed by atoms with van der Waals surface area (Å²) in [6, 6.07) is 0.0261. The first-order chi connectivity index (χ1) is 11.4. The van der Waals surface area contributed by atoms with Crippen molar-refractivity contribution in [2.75, 3.05) is 20.1 Å². The van der Waals surface area contributed by atoms with Gasteiger partial charge in [-0.05, 0) is 46.5 Å². The van der Waals surface area contributed by atoms with Crippen molar-refractivity contribution < 1.29 is 9.59 Å². The lowest BCUT2D eigenvalue weighted by Gasteiger charge is -2.35. The van der Waals surface area contributed by atoms with Crippen LogP contribution in [0.25, 0.3) is 0 Å². The van der Waals surface area contributed by atoms with Gasteiger partial charge in [-0.15, -0.1) is 11.3 Å². The third kappa shape index (κ3) is 3.48. The Morgan fingerprint density at radius 3 is 2.54 bits per heavy atom. The fourth-order valence-electron chi connectivity index (χ4n) is 3.56. The Hall–Kier alpha value is -1.43. The Kier molecular flexibility index (Phi) is 4.95. The van der Waals surface area contributed by atoms with Crippen LogP contribution in [0.3, 0.4) is 0 Å². The van der Waals surface area contributed by atoms with Crippen molar-refractivity contribution in [2.45, 2.75) is 52.5 Å². The molecule has 1 aromatic rings. The van der Waals surface area contributed by atoms with E-state index in [0.717, 1.165) is 47.8 Å². The number of piperidine rings is 1. The minimum atomic E-state index is -0.0665. The van der Waals surface area contributed by atoms with Gasteiger partial charge in [-0.25, -0.2) is 4.98 Å². The van der Waals surface area contributed by atoms with Crippen LogP contribution in [0.4, 0.5) is 0 Å². The number of aryl methyl sites for hydroxylation is 2. The van der Waals surface area contributed by atoms with Gasteiger partial charge < -0.3 is 9.80 Å². The Bertz CT molecular complexity index is 638. The number of aromatic nitrogens is 1. The second-order valence-corrected chi connectivity index (χ2v) is 8.44. The van der Waals surface area contributed by atoms with Gasteiger partial charge in [-0.1, -0.05) is 0 Å². The smallest absolute Gasteiger partial charge is 0.227 e. The summed E-state index contributed by atoms with van der Waals surface area (Å²) in [5.74, 6) is 0.583. The Labute approximate surface area is 148 Å². The van der Waals surface area contributed by atoms with Gasteiger partial charge in [0.2, 0.25) is 11.8 Å². The third-order valence-electron chi connectivity index (χ3n) is 5.26. The molecule has 2 aliphatic rings. The number of hydrogen-bond donors (Lipinski definition) is 0. The lowest BCUT2D eigenvalue weighted by molar-refractivity contribution is -0.141. The molecule has 1 saturated heterocycles. The minimum absolute atomic E-state index is 0.0261. The molecule has 1 aliphatic carbocycles. The highest BCUT2D eigenvalue weighted by Gasteiger charge is 2.37. The summed E-state index contributed by atoms with van der Waals surface area (Å²) >= 11 is 1.66. The maximum atomic E-state index is 13.0. The standard InChI is InChI=1S/C18H27N3O2S/c1-11-16(24-13(3)19-11)12(2)20(4)17(22)15-6-5-9-21(10-15)18(23)14-7-8-14/h12,14-15H,5-10H2,1-4H3. The Balaban J connectivity index is 1.66. The quantitative estimate of drug-likeness (QED) is 0.840. The highest BCUT2D eigenvalue weighted by atomic mass is 32.1. The molecule has 132 valence electrons. The zero-order chi connectivity index (χ0) is 17.4. The number of likely N-dealkylation sites (tertiary alicyclic amines) is 1. The summed E-state index contributed by atoms with van der Waals surface area (Å²) < 4.78 is 0. The fraction of sp³-hybridized carbons (Fsp3) is 0.722. The maximum Gasteiger partial charge on any atom is 0.227 e. The van der Waals surface area contributed by atoms with Crippen LogP contribution in [0.1, 0.15) is 54.2 Å². The summed E-state index contributed by atoms with van der Waals surface area (Å²) in [7, 11) is 1.88. The van der Waals surface area contributed by atoms with Gasteiger partial charge in [0.25, 0.3) is 0 Å². The number of rotatable bonds is 4. The number of amides is 2. The largest absolute Gasteiger partial charge is 0.342 e. The van der Waals surface area contributed by atoms with Crippen molar-refractivity contribution in [3.05, 3.63) is 15.6 Å². The predicted octanol–water partition coefficient (Wildman–Crippen LogP) is 2.93. The summed E-state index contributed by atoms with van der Waals surface area (Å²) in [5.41, 5.74) is 1.01. The van der Waals surface area contributed by atoms with E-state index in [1.165, 1.54) is 0 Å². The van der Waals surface area contributed by atoms with E-state index in [4.69, 9.17) is 0 Å². The van der Waals surface area contributed by atoms with Gasteiger partial charge in [0.1, 0.15) is 0 Å². The molecule has 0 bridgehead atoms. The van der Waals surface area contributed by atoms with Gasteiger partial charge >= 0.3 is 0 Å². The summed E-state index contributed by atoms with van der Waals surface area (Å²) in [6.07, 6.45) is 3.85. The zero-order valence-electron chi connectivity index (χ0n) is 15.0. The van der Waals surface area contributed by atoms with Crippen LogP contribution in [0.5, 0.6) is 0 Å². The molecule has 2 unspecified atom stereocenters. The SMILES string of the molecule is Cc1nc(C)c(C(C)N(C)C(=O)C2CCCN(C(=O)C3CC3)C2)s1. The first kappa shape index (κ1) is 17.4. The molecular formula is C18H27N3O2S. The summed E-state index contributed by atoms with van der Waals surface area (Å²) in [5, 5.41) is 1.04. The molecule has 6 heteroatoms. The summed E-state index contributed by atoms with van der Waals surface area (Å²) in [6.45, 7) is 7.47. The average Bonchev–Trinajstić information content (AvgIpc) is 3.37. The molecule has 2 atom stereocenters. The first-order valence-electron chi connectivity index (χ1n) is 8.88. The Morgan fingerprint density at radius 1 is 1.25 bits per heavy atom. The monoisotopic (exact) mass is 349 g/mol. The molecule has 24 heavy (non-hydrogen) atoms. The zero-order valence-corrected chi connectivity index (χ0v) is 15.9.